The van der Waals surface area contributed by atoms with Crippen LogP contribution in [0.15, 0.2) is 18.2 Å². The summed E-state index contributed by atoms with van der Waals surface area (Å²) in [5.41, 5.74) is 1.42. The lowest BCUT2D eigenvalue weighted by atomic mass is 10.1. The molecule has 1 heterocycles. The van der Waals surface area contributed by atoms with E-state index in [0.717, 1.165) is 23.4 Å². The van der Waals surface area contributed by atoms with Gasteiger partial charge in [0, 0.05) is 0 Å². The van der Waals surface area contributed by atoms with Crippen molar-refractivity contribution in [3.05, 3.63) is 23.8 Å². The lowest BCUT2D eigenvalue weighted by Crippen LogP contribution is -2.40. The molecule has 5 nitrogen and oxygen atoms in total. The van der Waals surface area contributed by atoms with E-state index in [9.17, 15) is 9.59 Å². The summed E-state index contributed by atoms with van der Waals surface area (Å²) < 4.78 is 5.26. The molecule has 0 aromatic heterocycles. The summed E-state index contributed by atoms with van der Waals surface area (Å²) in [5.74, 6) is 0.0464. The number of hydrogen-bond acceptors (Lipinski definition) is 4. The van der Waals surface area contributed by atoms with Crippen LogP contribution in [0.1, 0.15) is 5.56 Å². The molecule has 0 saturated heterocycles. The molecule has 0 saturated carbocycles. The molecule has 0 radical (unpaired) electrons. The fourth-order valence-electron chi connectivity index (χ4n) is 1.82. The number of fused-ring (bicyclic) bond motifs is 1. The number of likely N-dealkylation sites (N-methyl/N-ethyl adjacent to an activating group) is 1. The quantitative estimate of drug-likeness (QED) is 0.667. The SMILES string of the molecule is CNCCc1ccc2c(c1)N(C(=O)Cl)C(=O)CO2. The second-order valence-corrected chi connectivity index (χ2v) is 4.25. The van der Waals surface area contributed by atoms with Gasteiger partial charge in [-0.1, -0.05) is 6.07 Å². The van der Waals surface area contributed by atoms with E-state index < -0.39 is 11.3 Å². The summed E-state index contributed by atoms with van der Waals surface area (Å²) in [4.78, 5) is 23.9. The van der Waals surface area contributed by atoms with Crippen LogP contribution in [-0.4, -0.2) is 31.5 Å². The number of ether oxygens (including phenoxy) is 1. The molecule has 0 spiro atoms. The van der Waals surface area contributed by atoms with Gasteiger partial charge in [-0.25, -0.2) is 4.90 Å². The van der Waals surface area contributed by atoms with Gasteiger partial charge in [0.1, 0.15) is 5.75 Å². The second-order valence-electron chi connectivity index (χ2n) is 3.93. The molecule has 1 aromatic carbocycles. The molecular formula is C12H13ClN2O3. The molecule has 96 valence electrons. The predicted molar refractivity (Wildman–Crippen MR) is 68.3 cm³/mol. The minimum absolute atomic E-state index is 0.165. The van der Waals surface area contributed by atoms with Crippen molar-refractivity contribution in [2.75, 3.05) is 25.1 Å². The van der Waals surface area contributed by atoms with Gasteiger partial charge in [-0.2, -0.15) is 0 Å². The number of rotatable bonds is 3. The zero-order valence-corrected chi connectivity index (χ0v) is 10.7. The lowest BCUT2D eigenvalue weighted by Gasteiger charge is -2.26. The van der Waals surface area contributed by atoms with Gasteiger partial charge < -0.3 is 10.1 Å². The summed E-state index contributed by atoms with van der Waals surface area (Å²) in [6.45, 7) is 0.643. The largest absolute Gasteiger partial charge is 0.482 e. The topological polar surface area (TPSA) is 58.6 Å². The van der Waals surface area contributed by atoms with Crippen molar-refractivity contribution in [1.82, 2.24) is 5.32 Å². The van der Waals surface area contributed by atoms with E-state index in [4.69, 9.17) is 16.3 Å². The third kappa shape index (κ3) is 2.47. The van der Waals surface area contributed by atoms with Crippen LogP contribution in [0.3, 0.4) is 0 Å². The molecule has 0 bridgehead atoms. The van der Waals surface area contributed by atoms with Crippen molar-refractivity contribution in [3.63, 3.8) is 0 Å². The van der Waals surface area contributed by atoms with Crippen LogP contribution in [0, 0.1) is 0 Å². The van der Waals surface area contributed by atoms with E-state index in [0.29, 0.717) is 11.4 Å². The van der Waals surface area contributed by atoms with E-state index in [2.05, 4.69) is 5.32 Å². The van der Waals surface area contributed by atoms with Gasteiger partial charge in [0.25, 0.3) is 5.91 Å². The monoisotopic (exact) mass is 268 g/mol. The summed E-state index contributed by atoms with van der Waals surface area (Å²) in [6.07, 6.45) is 0.794. The van der Waals surface area contributed by atoms with Crippen LogP contribution < -0.4 is 15.0 Å². The first kappa shape index (κ1) is 12.9. The Labute approximate surface area is 110 Å². The van der Waals surface area contributed by atoms with Crippen molar-refractivity contribution in [1.29, 1.82) is 0 Å². The van der Waals surface area contributed by atoms with E-state index >= 15 is 0 Å². The van der Waals surface area contributed by atoms with Gasteiger partial charge in [0.2, 0.25) is 0 Å². The minimum Gasteiger partial charge on any atom is -0.482 e. The first-order chi connectivity index (χ1) is 8.63. The Morgan fingerprint density at radius 1 is 1.56 bits per heavy atom. The highest BCUT2D eigenvalue weighted by molar-refractivity contribution is 6.68. The molecule has 1 N–H and O–H groups in total. The maximum Gasteiger partial charge on any atom is 0.327 e. The molecule has 0 unspecified atom stereocenters. The Kier molecular flexibility index (Phi) is 3.84. The van der Waals surface area contributed by atoms with Crippen molar-refractivity contribution in [2.24, 2.45) is 0 Å². The van der Waals surface area contributed by atoms with Crippen LogP contribution in [0.25, 0.3) is 0 Å². The third-order valence-corrected chi connectivity index (χ3v) is 2.87. The molecule has 1 aromatic rings. The Bertz CT molecular complexity index is 490. The summed E-state index contributed by atoms with van der Waals surface area (Å²) in [7, 11) is 1.86. The molecule has 1 aliphatic rings. The molecule has 2 amide bonds. The van der Waals surface area contributed by atoms with Gasteiger partial charge in [-0.05, 0) is 49.3 Å². The number of nitrogens with one attached hydrogen (secondary N) is 1. The zero-order chi connectivity index (χ0) is 13.1. The van der Waals surface area contributed by atoms with Gasteiger partial charge in [-0.3, -0.25) is 9.59 Å². The van der Waals surface area contributed by atoms with Crippen molar-refractivity contribution >= 4 is 28.6 Å². The standard InChI is InChI=1S/C12H13ClN2O3/c1-14-5-4-8-2-3-10-9(6-8)15(12(13)17)11(16)7-18-10/h2-3,6,14H,4-5,7H2,1H3. The minimum atomic E-state index is -0.810. The fraction of sp³-hybridized carbons (Fsp3) is 0.333. The zero-order valence-electron chi connectivity index (χ0n) is 9.90. The fourth-order valence-corrected chi connectivity index (χ4v) is 2.00. The number of hydrogen-bond donors (Lipinski definition) is 1. The van der Waals surface area contributed by atoms with E-state index in [1.54, 1.807) is 12.1 Å². The summed E-state index contributed by atoms with van der Waals surface area (Å²) in [5, 5.41) is 2.22. The van der Waals surface area contributed by atoms with Crippen LogP contribution in [0.2, 0.25) is 0 Å². The Morgan fingerprint density at radius 2 is 2.33 bits per heavy atom. The molecule has 0 aliphatic carbocycles. The Hall–Kier alpha value is -1.59. The van der Waals surface area contributed by atoms with Crippen LogP contribution in [0.4, 0.5) is 10.5 Å². The molecule has 1 aliphatic heterocycles. The maximum absolute atomic E-state index is 11.6. The number of carbonyl (C=O) groups is 2. The number of nitrogens with zero attached hydrogens (tertiary/aromatic N) is 1. The first-order valence-electron chi connectivity index (χ1n) is 5.56. The number of halogens is 1. The number of amides is 2. The normalized spacial score (nSPS) is 14.1. The highest BCUT2D eigenvalue weighted by Gasteiger charge is 2.29. The molecule has 0 atom stereocenters. The van der Waals surface area contributed by atoms with Gasteiger partial charge in [0.05, 0.1) is 5.69 Å². The molecule has 6 heteroatoms. The first-order valence-corrected chi connectivity index (χ1v) is 5.94. The smallest absolute Gasteiger partial charge is 0.327 e. The van der Waals surface area contributed by atoms with Crippen LogP contribution in [-0.2, 0) is 11.2 Å². The third-order valence-electron chi connectivity index (χ3n) is 2.70. The van der Waals surface area contributed by atoms with Crippen molar-refractivity contribution in [2.45, 2.75) is 6.42 Å². The second kappa shape index (κ2) is 5.37. The van der Waals surface area contributed by atoms with E-state index in [1.165, 1.54) is 0 Å². The van der Waals surface area contributed by atoms with Crippen LogP contribution in [0.5, 0.6) is 5.75 Å². The van der Waals surface area contributed by atoms with Gasteiger partial charge in [-0.15, -0.1) is 0 Å². The highest BCUT2D eigenvalue weighted by atomic mass is 35.5. The van der Waals surface area contributed by atoms with Crippen molar-refractivity contribution < 1.29 is 14.3 Å². The van der Waals surface area contributed by atoms with Crippen LogP contribution >= 0.6 is 11.6 Å². The number of imide groups is 1. The predicted octanol–water partition coefficient (Wildman–Crippen LogP) is 1.53. The van der Waals surface area contributed by atoms with E-state index in [-0.39, 0.29) is 6.61 Å². The average Bonchev–Trinajstić information content (AvgIpc) is 2.35. The highest BCUT2D eigenvalue weighted by Crippen LogP contribution is 2.33. The number of anilines is 1. The maximum atomic E-state index is 11.6. The van der Waals surface area contributed by atoms with Crippen molar-refractivity contribution in [3.8, 4) is 5.75 Å². The summed E-state index contributed by atoms with van der Waals surface area (Å²) >= 11 is 5.43. The summed E-state index contributed by atoms with van der Waals surface area (Å²) in [6, 6.07) is 5.41. The average molecular weight is 269 g/mol. The molecule has 18 heavy (non-hydrogen) atoms. The lowest BCUT2D eigenvalue weighted by molar-refractivity contribution is -0.120. The van der Waals surface area contributed by atoms with E-state index in [1.807, 2.05) is 13.1 Å². The van der Waals surface area contributed by atoms with Gasteiger partial charge in [0.15, 0.2) is 6.61 Å². The Morgan fingerprint density at radius 3 is 3.00 bits per heavy atom. The molecular weight excluding hydrogens is 256 g/mol. The molecule has 0 fully saturated rings. The van der Waals surface area contributed by atoms with Gasteiger partial charge >= 0.3 is 5.37 Å². The Balaban J connectivity index is 2.35. The number of benzene rings is 1. The molecule has 2 rings (SSSR count). The number of carbonyl (C=O) groups excluding carboxylic acids is 2.